The minimum atomic E-state index is -0.248. The van der Waals surface area contributed by atoms with Crippen LogP contribution in [0.5, 0.6) is 0 Å². The molecule has 0 saturated carbocycles. The zero-order valence-electron chi connectivity index (χ0n) is 12.7. The predicted molar refractivity (Wildman–Crippen MR) is 83.7 cm³/mol. The fourth-order valence-corrected chi connectivity index (χ4v) is 1.56. The maximum absolute atomic E-state index is 13.8. The molecule has 0 heterocycles. The Hall–Kier alpha value is -1.25. The van der Waals surface area contributed by atoms with Gasteiger partial charge in [-0.25, -0.2) is 4.39 Å². The molecule has 1 aromatic carbocycles. The van der Waals surface area contributed by atoms with Crippen LogP contribution < -0.4 is 10.8 Å². The van der Waals surface area contributed by atoms with E-state index >= 15 is 0 Å². The molecule has 3 heteroatoms. The van der Waals surface area contributed by atoms with E-state index in [2.05, 4.69) is 53.8 Å². The van der Waals surface area contributed by atoms with Crippen LogP contribution in [0.1, 0.15) is 34.6 Å². The Balaban J connectivity index is 2.74. The van der Waals surface area contributed by atoms with Gasteiger partial charge in [0, 0.05) is 0 Å². The number of rotatable bonds is 5. The van der Waals surface area contributed by atoms with Crippen molar-refractivity contribution in [2.24, 2.45) is 10.8 Å². The van der Waals surface area contributed by atoms with E-state index in [4.69, 9.17) is 0 Å². The van der Waals surface area contributed by atoms with E-state index in [1.54, 1.807) is 12.1 Å². The first-order valence-electron chi connectivity index (χ1n) is 6.67. The molecular weight excluding hydrogens is 236 g/mol. The van der Waals surface area contributed by atoms with Crippen molar-refractivity contribution in [1.29, 1.82) is 0 Å². The number of nitrogens with one attached hydrogen (secondary N) is 1. The molecule has 1 rings (SSSR count). The number of hydrogen-bond acceptors (Lipinski definition) is 1. The quantitative estimate of drug-likeness (QED) is 0.782. The van der Waals surface area contributed by atoms with Gasteiger partial charge in [0.2, 0.25) is 0 Å². The van der Waals surface area contributed by atoms with Gasteiger partial charge in [-0.15, -0.1) is 0 Å². The highest BCUT2D eigenvalue weighted by Gasteiger charge is 2.32. The molecule has 0 aliphatic heterocycles. The van der Waals surface area contributed by atoms with Gasteiger partial charge in [0.1, 0.15) is 5.82 Å². The minimum absolute atomic E-state index is 0.168. The van der Waals surface area contributed by atoms with Crippen LogP contribution in [0.4, 0.5) is 10.1 Å². The summed E-state index contributed by atoms with van der Waals surface area (Å²) in [4.78, 5) is 0. The van der Waals surface area contributed by atoms with Crippen molar-refractivity contribution >= 4 is 18.4 Å². The lowest BCUT2D eigenvalue weighted by atomic mass is 9.53. The molecule has 1 radical (unpaired) electrons. The summed E-state index contributed by atoms with van der Waals surface area (Å²) in [6, 6.07) is 5.23. The van der Waals surface area contributed by atoms with Gasteiger partial charge in [-0.05, 0) is 29.2 Å². The van der Waals surface area contributed by atoms with E-state index in [0.717, 1.165) is 11.8 Å². The molecule has 0 amide bonds. The van der Waals surface area contributed by atoms with Crippen molar-refractivity contribution in [2.45, 2.75) is 40.9 Å². The molecule has 1 N–H and O–H groups in total. The third-order valence-corrected chi connectivity index (χ3v) is 4.13. The largest absolute Gasteiger partial charge is 0.360 e. The second-order valence-electron chi connectivity index (χ2n) is 6.63. The molecule has 0 fully saturated rings. The van der Waals surface area contributed by atoms with E-state index in [1.807, 2.05) is 6.07 Å². The molecule has 0 aliphatic rings. The molecule has 0 atom stereocenters. The second-order valence-corrected chi connectivity index (χ2v) is 6.63. The van der Waals surface area contributed by atoms with Crippen LogP contribution in [0.25, 0.3) is 0 Å². The van der Waals surface area contributed by atoms with Crippen LogP contribution >= 0.6 is 0 Å². The maximum Gasteiger partial charge on any atom is 0.152 e. The first kappa shape index (κ1) is 15.8. The number of benzene rings is 1. The molecule has 0 spiro atoms. The topological polar surface area (TPSA) is 12.0 Å². The van der Waals surface area contributed by atoms with E-state index < -0.39 is 0 Å². The van der Waals surface area contributed by atoms with E-state index in [-0.39, 0.29) is 16.6 Å². The predicted octanol–water partition coefficient (Wildman–Crippen LogP) is 4.20. The molecule has 1 nitrogen and oxygen atoms in total. The third kappa shape index (κ3) is 4.12. The van der Waals surface area contributed by atoms with Gasteiger partial charge in [0.05, 0.1) is 5.69 Å². The third-order valence-electron chi connectivity index (χ3n) is 4.13. The average Bonchev–Trinajstić information content (AvgIpc) is 2.28. The Kier molecular flexibility index (Phi) is 4.83. The van der Waals surface area contributed by atoms with Crippen molar-refractivity contribution in [3.8, 4) is 0 Å². The Morgan fingerprint density at radius 3 is 2.37 bits per heavy atom. The van der Waals surface area contributed by atoms with Crippen LogP contribution in [-0.4, -0.2) is 7.28 Å². The van der Waals surface area contributed by atoms with Crippen molar-refractivity contribution in [2.75, 3.05) is 5.32 Å². The molecule has 1 aromatic rings. The summed E-state index contributed by atoms with van der Waals surface area (Å²) in [6.07, 6.45) is 2.40. The first-order valence-corrected chi connectivity index (χ1v) is 6.67. The van der Waals surface area contributed by atoms with Crippen LogP contribution in [0.2, 0.25) is 6.32 Å². The van der Waals surface area contributed by atoms with Crippen LogP contribution in [0.3, 0.4) is 0 Å². The van der Waals surface area contributed by atoms with Gasteiger partial charge in [-0.3, -0.25) is 0 Å². The fourth-order valence-electron chi connectivity index (χ4n) is 1.56. The summed E-state index contributed by atoms with van der Waals surface area (Å²) in [7, 11) is 2.10. The molecule has 103 valence electrons. The SMILES string of the molecule is C=CNc1ccc([B]CC(C)(C)C(C)(C)C)cc1F. The van der Waals surface area contributed by atoms with E-state index in [9.17, 15) is 4.39 Å². The number of halogens is 1. The number of anilines is 1. The van der Waals surface area contributed by atoms with Gasteiger partial charge in [-0.2, -0.15) is 0 Å². The standard InChI is InChI=1S/C16H24BFN/c1-7-19-14-9-8-12(10-13(14)18)17-11-16(5,6)15(2,3)4/h7-10,19H,1,11H2,2-6H3. The highest BCUT2D eigenvalue weighted by atomic mass is 19.1. The van der Waals surface area contributed by atoms with E-state index in [1.165, 1.54) is 6.20 Å². The van der Waals surface area contributed by atoms with Crippen LogP contribution in [0, 0.1) is 16.6 Å². The summed E-state index contributed by atoms with van der Waals surface area (Å²) >= 11 is 0. The molecule has 0 aromatic heterocycles. The lowest BCUT2D eigenvalue weighted by Gasteiger charge is -2.39. The molecule has 0 saturated heterocycles. The maximum atomic E-state index is 13.8. The molecule has 0 unspecified atom stereocenters. The Labute approximate surface area is 117 Å². The lowest BCUT2D eigenvalue weighted by Crippen LogP contribution is -2.33. The van der Waals surface area contributed by atoms with Crippen molar-refractivity contribution in [1.82, 2.24) is 0 Å². The second kappa shape index (κ2) is 5.81. The molecule has 19 heavy (non-hydrogen) atoms. The summed E-state index contributed by atoms with van der Waals surface area (Å²) in [6.45, 7) is 14.7. The Morgan fingerprint density at radius 1 is 1.26 bits per heavy atom. The normalized spacial score (nSPS) is 12.1. The van der Waals surface area contributed by atoms with Gasteiger partial charge in [0.25, 0.3) is 0 Å². The molecular formula is C16H24BFN. The first-order chi connectivity index (χ1) is 8.67. The summed E-state index contributed by atoms with van der Waals surface area (Å²) in [5, 5.41) is 2.77. The van der Waals surface area contributed by atoms with Crippen LogP contribution in [0.15, 0.2) is 31.0 Å². The highest BCUT2D eigenvalue weighted by molar-refractivity contribution is 6.53. The fraction of sp³-hybridized carbons (Fsp3) is 0.500. The Bertz CT molecular complexity index is 447. The monoisotopic (exact) mass is 260 g/mol. The number of hydrogen-bond donors (Lipinski definition) is 1. The zero-order valence-corrected chi connectivity index (χ0v) is 12.7. The van der Waals surface area contributed by atoms with Gasteiger partial charge in [-0.1, -0.05) is 59.0 Å². The highest BCUT2D eigenvalue weighted by Crippen LogP contribution is 2.40. The van der Waals surface area contributed by atoms with Crippen molar-refractivity contribution in [3.05, 3.63) is 36.8 Å². The summed E-state index contributed by atoms with van der Waals surface area (Å²) in [5.41, 5.74) is 1.76. The van der Waals surface area contributed by atoms with Gasteiger partial charge < -0.3 is 5.32 Å². The van der Waals surface area contributed by atoms with Crippen LogP contribution in [-0.2, 0) is 0 Å². The molecule has 0 aliphatic carbocycles. The summed E-state index contributed by atoms with van der Waals surface area (Å²) < 4.78 is 13.8. The molecule has 0 bridgehead atoms. The average molecular weight is 260 g/mol. The zero-order chi connectivity index (χ0) is 14.7. The van der Waals surface area contributed by atoms with E-state index in [0.29, 0.717) is 5.69 Å². The van der Waals surface area contributed by atoms with Crippen molar-refractivity contribution in [3.63, 3.8) is 0 Å². The van der Waals surface area contributed by atoms with Gasteiger partial charge in [0.15, 0.2) is 7.28 Å². The minimum Gasteiger partial charge on any atom is -0.360 e. The lowest BCUT2D eigenvalue weighted by molar-refractivity contribution is 0.157. The van der Waals surface area contributed by atoms with Gasteiger partial charge >= 0.3 is 0 Å². The smallest absolute Gasteiger partial charge is 0.152 e. The van der Waals surface area contributed by atoms with Crippen molar-refractivity contribution < 1.29 is 4.39 Å². The Morgan fingerprint density at radius 2 is 1.89 bits per heavy atom. The summed E-state index contributed by atoms with van der Waals surface area (Å²) in [5.74, 6) is -0.248.